The molecule has 0 N–H and O–H groups in total. The molecule has 98 valence electrons. The molecular formula is C14H11FO4. The van der Waals surface area contributed by atoms with E-state index in [1.165, 1.54) is 31.4 Å². The van der Waals surface area contributed by atoms with E-state index in [4.69, 9.17) is 4.42 Å². The zero-order chi connectivity index (χ0) is 14.0. The first-order chi connectivity index (χ1) is 9.02. The average Bonchev–Trinajstić information content (AvgIpc) is 2.86. The summed E-state index contributed by atoms with van der Waals surface area (Å²) in [5.41, 5.74) is 0.611. The van der Waals surface area contributed by atoms with Crippen LogP contribution in [0.5, 0.6) is 0 Å². The van der Waals surface area contributed by atoms with Crippen molar-refractivity contribution >= 4 is 11.8 Å². The predicted molar refractivity (Wildman–Crippen MR) is 64.6 cm³/mol. The lowest BCUT2D eigenvalue weighted by atomic mass is 10.1. The van der Waals surface area contributed by atoms with Crippen molar-refractivity contribution in [1.29, 1.82) is 0 Å². The molecule has 0 spiro atoms. The number of ether oxygens (including phenoxy) is 1. The fraction of sp³-hybridized carbons (Fsp3) is 0.143. The number of esters is 1. The van der Waals surface area contributed by atoms with Gasteiger partial charge in [0.2, 0.25) is 11.5 Å². The van der Waals surface area contributed by atoms with Crippen LogP contribution in [0.4, 0.5) is 4.39 Å². The maximum atomic E-state index is 13.7. The molecule has 1 aromatic heterocycles. The van der Waals surface area contributed by atoms with Crippen molar-refractivity contribution in [2.45, 2.75) is 6.92 Å². The Labute approximate surface area is 108 Å². The molecule has 0 aliphatic rings. The summed E-state index contributed by atoms with van der Waals surface area (Å²) in [5, 5.41) is 0. The van der Waals surface area contributed by atoms with Gasteiger partial charge >= 0.3 is 5.97 Å². The third kappa shape index (κ3) is 2.54. The van der Waals surface area contributed by atoms with E-state index in [9.17, 15) is 14.0 Å². The van der Waals surface area contributed by atoms with Crippen LogP contribution in [0.25, 0.3) is 0 Å². The fourth-order valence-electron chi connectivity index (χ4n) is 1.61. The quantitative estimate of drug-likeness (QED) is 0.630. The van der Waals surface area contributed by atoms with Crippen LogP contribution in [-0.4, -0.2) is 18.9 Å². The molecule has 0 aliphatic heterocycles. The number of halogens is 1. The molecule has 1 heterocycles. The average molecular weight is 262 g/mol. The molecule has 19 heavy (non-hydrogen) atoms. The van der Waals surface area contributed by atoms with Crippen molar-refractivity contribution in [3.63, 3.8) is 0 Å². The second-order valence-electron chi connectivity index (χ2n) is 3.97. The molecule has 0 bridgehead atoms. The molecule has 0 fully saturated rings. The molecule has 0 radical (unpaired) electrons. The lowest BCUT2D eigenvalue weighted by Crippen LogP contribution is -2.04. The molecule has 0 saturated carbocycles. The minimum atomic E-state index is -0.691. The monoisotopic (exact) mass is 262 g/mol. The smallest absolute Gasteiger partial charge is 0.373 e. The second-order valence-corrected chi connectivity index (χ2v) is 3.97. The van der Waals surface area contributed by atoms with Gasteiger partial charge in [-0.15, -0.1) is 0 Å². The van der Waals surface area contributed by atoms with Crippen molar-refractivity contribution in [3.05, 3.63) is 58.8 Å². The van der Waals surface area contributed by atoms with Gasteiger partial charge in [-0.1, -0.05) is 6.07 Å². The van der Waals surface area contributed by atoms with Gasteiger partial charge in [-0.05, 0) is 36.8 Å². The number of methoxy groups -OCH3 is 1. The topological polar surface area (TPSA) is 56.5 Å². The van der Waals surface area contributed by atoms with Crippen LogP contribution >= 0.6 is 0 Å². The molecule has 0 unspecified atom stereocenters. The Balaban J connectivity index is 2.34. The Hall–Kier alpha value is -2.43. The Morgan fingerprint density at radius 1 is 1.16 bits per heavy atom. The van der Waals surface area contributed by atoms with Crippen LogP contribution in [0, 0.1) is 12.7 Å². The SMILES string of the molecule is COC(=O)c1ccc(C(=O)c2ccc(C)cc2F)o1. The van der Waals surface area contributed by atoms with E-state index in [1.807, 2.05) is 0 Å². The van der Waals surface area contributed by atoms with E-state index >= 15 is 0 Å². The summed E-state index contributed by atoms with van der Waals surface area (Å²) in [6.45, 7) is 1.72. The number of furan rings is 1. The fourth-order valence-corrected chi connectivity index (χ4v) is 1.61. The van der Waals surface area contributed by atoms with Crippen LogP contribution in [-0.2, 0) is 4.74 Å². The van der Waals surface area contributed by atoms with E-state index in [1.54, 1.807) is 13.0 Å². The Morgan fingerprint density at radius 2 is 1.84 bits per heavy atom. The van der Waals surface area contributed by atoms with Crippen molar-refractivity contribution in [2.75, 3.05) is 7.11 Å². The summed E-state index contributed by atoms with van der Waals surface area (Å²) in [7, 11) is 1.20. The normalized spacial score (nSPS) is 10.3. The summed E-state index contributed by atoms with van der Waals surface area (Å²) < 4.78 is 23.2. The van der Waals surface area contributed by atoms with E-state index < -0.39 is 17.6 Å². The molecule has 0 aliphatic carbocycles. The standard InChI is InChI=1S/C14H11FO4/c1-8-3-4-9(10(15)7-8)13(16)11-5-6-12(19-11)14(17)18-2/h3-7H,1-2H3. The summed E-state index contributed by atoms with van der Waals surface area (Å²) in [4.78, 5) is 23.2. The molecule has 0 atom stereocenters. The molecule has 4 nitrogen and oxygen atoms in total. The van der Waals surface area contributed by atoms with Gasteiger partial charge < -0.3 is 9.15 Å². The number of carbonyl (C=O) groups is 2. The molecule has 2 aromatic rings. The summed E-state index contributed by atoms with van der Waals surface area (Å²) >= 11 is 0. The molecule has 2 rings (SSSR count). The Bertz CT molecular complexity index is 643. The Kier molecular flexibility index (Phi) is 3.46. The van der Waals surface area contributed by atoms with Gasteiger partial charge in [0.15, 0.2) is 5.76 Å². The molecule has 5 heteroatoms. The van der Waals surface area contributed by atoms with E-state index in [2.05, 4.69) is 4.74 Å². The number of ketones is 1. The highest BCUT2D eigenvalue weighted by Gasteiger charge is 2.20. The van der Waals surface area contributed by atoms with E-state index in [0.29, 0.717) is 5.56 Å². The van der Waals surface area contributed by atoms with Gasteiger partial charge in [-0.2, -0.15) is 0 Å². The first kappa shape index (κ1) is 13.0. The third-order valence-electron chi connectivity index (χ3n) is 2.59. The minimum absolute atomic E-state index is 0.0987. The van der Waals surface area contributed by atoms with Crippen LogP contribution < -0.4 is 0 Å². The first-order valence-electron chi connectivity index (χ1n) is 5.52. The maximum absolute atomic E-state index is 13.7. The molecular weight excluding hydrogens is 251 g/mol. The van der Waals surface area contributed by atoms with Gasteiger partial charge in [0.05, 0.1) is 12.7 Å². The molecule has 1 aromatic carbocycles. The predicted octanol–water partition coefficient (Wildman–Crippen LogP) is 2.74. The molecule has 0 amide bonds. The highest BCUT2D eigenvalue weighted by molar-refractivity contribution is 6.07. The second kappa shape index (κ2) is 5.06. The number of carbonyl (C=O) groups excluding carboxylic acids is 2. The maximum Gasteiger partial charge on any atom is 0.373 e. The van der Waals surface area contributed by atoms with Crippen LogP contribution in [0.15, 0.2) is 34.7 Å². The summed E-state index contributed by atoms with van der Waals surface area (Å²) in [6, 6.07) is 6.89. The Morgan fingerprint density at radius 3 is 2.47 bits per heavy atom. The summed E-state index contributed by atoms with van der Waals surface area (Å²) in [6.07, 6.45) is 0. The number of hydrogen-bond donors (Lipinski definition) is 0. The zero-order valence-corrected chi connectivity index (χ0v) is 10.4. The van der Waals surface area contributed by atoms with Crippen molar-refractivity contribution in [1.82, 2.24) is 0 Å². The summed E-state index contributed by atoms with van der Waals surface area (Å²) in [5.74, 6) is -2.14. The highest BCUT2D eigenvalue weighted by atomic mass is 19.1. The van der Waals surface area contributed by atoms with Crippen molar-refractivity contribution < 1.29 is 23.1 Å². The molecule has 0 saturated heterocycles. The van der Waals surface area contributed by atoms with Crippen LogP contribution in [0.3, 0.4) is 0 Å². The van der Waals surface area contributed by atoms with Gasteiger partial charge in [-0.25, -0.2) is 9.18 Å². The van der Waals surface area contributed by atoms with Crippen LogP contribution in [0.1, 0.15) is 32.2 Å². The number of benzene rings is 1. The number of hydrogen-bond acceptors (Lipinski definition) is 4. The van der Waals surface area contributed by atoms with Gasteiger partial charge in [0.25, 0.3) is 0 Å². The largest absolute Gasteiger partial charge is 0.463 e. The van der Waals surface area contributed by atoms with Crippen LogP contribution in [0.2, 0.25) is 0 Å². The van der Waals surface area contributed by atoms with Gasteiger partial charge in [0.1, 0.15) is 5.82 Å². The third-order valence-corrected chi connectivity index (χ3v) is 2.59. The lowest BCUT2D eigenvalue weighted by molar-refractivity contribution is 0.0563. The highest BCUT2D eigenvalue weighted by Crippen LogP contribution is 2.17. The number of rotatable bonds is 3. The van der Waals surface area contributed by atoms with E-state index in [-0.39, 0.29) is 17.1 Å². The van der Waals surface area contributed by atoms with E-state index in [0.717, 1.165) is 0 Å². The van der Waals surface area contributed by atoms with Gasteiger partial charge in [-0.3, -0.25) is 4.79 Å². The first-order valence-corrected chi connectivity index (χ1v) is 5.52. The van der Waals surface area contributed by atoms with Gasteiger partial charge in [0, 0.05) is 0 Å². The number of aryl methyl sites for hydroxylation is 1. The minimum Gasteiger partial charge on any atom is -0.463 e. The lowest BCUT2D eigenvalue weighted by Gasteiger charge is -2.01. The zero-order valence-electron chi connectivity index (χ0n) is 10.4. The van der Waals surface area contributed by atoms with Crippen molar-refractivity contribution in [2.24, 2.45) is 0 Å². The van der Waals surface area contributed by atoms with Crippen molar-refractivity contribution in [3.8, 4) is 0 Å².